The van der Waals surface area contributed by atoms with Crippen molar-refractivity contribution in [2.75, 3.05) is 0 Å². The van der Waals surface area contributed by atoms with Gasteiger partial charge in [0, 0.05) is 22.6 Å². The molecule has 0 atom stereocenters. The van der Waals surface area contributed by atoms with Crippen LogP contribution in [0.25, 0.3) is 0 Å². The van der Waals surface area contributed by atoms with Gasteiger partial charge in [0.2, 0.25) is 6.20 Å². The zero-order valence-electron chi connectivity index (χ0n) is 11.6. The van der Waals surface area contributed by atoms with Crippen LogP contribution in [-0.4, -0.2) is 5.21 Å². The highest BCUT2D eigenvalue weighted by Crippen LogP contribution is 2.24. The monoisotopic (exact) mass is 274 g/mol. The first kappa shape index (κ1) is 13.9. The molecule has 0 radical (unpaired) electrons. The van der Waals surface area contributed by atoms with E-state index >= 15 is 0 Å². The smallest absolute Gasteiger partial charge is 0.284 e. The zero-order chi connectivity index (χ0) is 13.9. The predicted molar refractivity (Wildman–Crippen MR) is 78.5 cm³/mol. The quantitative estimate of drug-likeness (QED) is 0.523. The Hall–Kier alpha value is -1.48. The summed E-state index contributed by atoms with van der Waals surface area (Å²) in [5.41, 5.74) is 2.80. The summed E-state index contributed by atoms with van der Waals surface area (Å²) in [6.07, 6.45) is 1.64. The van der Waals surface area contributed by atoms with Crippen molar-refractivity contribution in [1.82, 2.24) is 0 Å². The third kappa shape index (κ3) is 3.74. The largest absolute Gasteiger partial charge is 0.291 e. The molecule has 1 N–H and O–H groups in total. The van der Waals surface area contributed by atoms with Gasteiger partial charge in [0.05, 0.1) is 0 Å². The number of pyridine rings is 1. The van der Waals surface area contributed by atoms with Gasteiger partial charge in [0.1, 0.15) is 0 Å². The second kappa shape index (κ2) is 5.66. The lowest BCUT2D eigenvalue weighted by atomic mass is 9.87. The van der Waals surface area contributed by atoms with E-state index < -0.39 is 0 Å². The number of rotatable bonds is 3. The molecule has 0 saturated heterocycles. The van der Waals surface area contributed by atoms with E-state index in [1.807, 2.05) is 18.2 Å². The van der Waals surface area contributed by atoms with Crippen molar-refractivity contribution in [1.29, 1.82) is 0 Å². The summed E-state index contributed by atoms with van der Waals surface area (Å²) in [4.78, 5) is 0. The maximum Gasteiger partial charge on any atom is 0.291 e. The molecule has 1 aromatic carbocycles. The molecule has 0 aliphatic carbocycles. The van der Waals surface area contributed by atoms with Crippen molar-refractivity contribution in [2.24, 2.45) is 0 Å². The van der Waals surface area contributed by atoms with E-state index in [4.69, 9.17) is 0 Å². The van der Waals surface area contributed by atoms with Gasteiger partial charge in [0.25, 0.3) is 5.03 Å². The molecule has 1 heterocycles. The molecule has 19 heavy (non-hydrogen) atoms. The summed E-state index contributed by atoms with van der Waals surface area (Å²) in [7, 11) is 0. The van der Waals surface area contributed by atoms with Crippen molar-refractivity contribution in [3.05, 3.63) is 59.8 Å². The molecule has 0 unspecified atom stereocenters. The van der Waals surface area contributed by atoms with E-state index in [1.165, 1.54) is 11.1 Å². The van der Waals surface area contributed by atoms with Crippen LogP contribution in [0.3, 0.4) is 0 Å². The summed E-state index contributed by atoms with van der Waals surface area (Å²) < 4.78 is 1.16. The molecular formula is C16H20NOS+. The fourth-order valence-corrected chi connectivity index (χ4v) is 2.67. The summed E-state index contributed by atoms with van der Waals surface area (Å²) >= 11 is 1.63. The summed E-state index contributed by atoms with van der Waals surface area (Å²) in [6.45, 7) is 6.65. The molecule has 0 fully saturated rings. The van der Waals surface area contributed by atoms with Crippen molar-refractivity contribution in [2.45, 2.75) is 37.0 Å². The van der Waals surface area contributed by atoms with Crippen LogP contribution in [0.5, 0.6) is 0 Å². The Kier molecular flexibility index (Phi) is 4.15. The van der Waals surface area contributed by atoms with Crippen LogP contribution in [0.1, 0.15) is 31.9 Å². The molecule has 0 bridgehead atoms. The Morgan fingerprint density at radius 1 is 1.05 bits per heavy atom. The fraction of sp³-hybridized carbons (Fsp3) is 0.312. The molecule has 2 aromatic rings. The SMILES string of the molecule is CC(C)(C)c1ccc(CSc2cccc[n+]2O)cc1. The van der Waals surface area contributed by atoms with E-state index in [1.54, 1.807) is 18.0 Å². The highest BCUT2D eigenvalue weighted by atomic mass is 32.2. The molecule has 0 spiro atoms. The third-order valence-corrected chi connectivity index (χ3v) is 4.11. The lowest BCUT2D eigenvalue weighted by Crippen LogP contribution is -2.31. The molecule has 0 aliphatic heterocycles. The second-order valence-corrected chi connectivity index (χ2v) is 6.61. The minimum atomic E-state index is 0.194. The van der Waals surface area contributed by atoms with Gasteiger partial charge in [0.15, 0.2) is 0 Å². The molecule has 3 heteroatoms. The Labute approximate surface area is 119 Å². The Bertz CT molecular complexity index is 543. The van der Waals surface area contributed by atoms with E-state index in [0.29, 0.717) is 0 Å². The van der Waals surface area contributed by atoms with Crippen LogP contribution in [0, 0.1) is 0 Å². The molecule has 0 saturated carbocycles. The molecule has 0 aliphatic rings. The van der Waals surface area contributed by atoms with Gasteiger partial charge in [-0.1, -0.05) is 45.0 Å². The third-order valence-electron chi connectivity index (χ3n) is 3.01. The lowest BCUT2D eigenvalue weighted by Gasteiger charge is -2.19. The maximum absolute atomic E-state index is 9.64. The van der Waals surface area contributed by atoms with Crippen LogP contribution in [0.15, 0.2) is 53.7 Å². The Morgan fingerprint density at radius 2 is 1.74 bits per heavy atom. The number of hydrogen-bond donors (Lipinski definition) is 1. The van der Waals surface area contributed by atoms with Crippen molar-refractivity contribution in [3.8, 4) is 0 Å². The van der Waals surface area contributed by atoms with Crippen LogP contribution >= 0.6 is 11.8 Å². The molecular weight excluding hydrogens is 254 g/mol. The number of nitrogens with zero attached hydrogens (tertiary/aromatic N) is 1. The standard InChI is InChI=1S/C16H20NOS/c1-16(2,3)14-9-7-13(8-10-14)12-19-15-6-4-5-11-17(15)18/h4-11,18H,12H2,1-3H3/q+1. The maximum atomic E-state index is 9.64. The average Bonchev–Trinajstić information content (AvgIpc) is 2.37. The normalized spacial score (nSPS) is 11.5. The van der Waals surface area contributed by atoms with Crippen molar-refractivity contribution >= 4 is 11.8 Å². The predicted octanol–water partition coefficient (Wildman–Crippen LogP) is 3.80. The van der Waals surface area contributed by atoms with Crippen molar-refractivity contribution < 1.29 is 9.94 Å². The lowest BCUT2D eigenvalue weighted by molar-refractivity contribution is -0.932. The van der Waals surface area contributed by atoms with Crippen LogP contribution < -0.4 is 4.73 Å². The molecule has 100 valence electrons. The Balaban J connectivity index is 2.03. The van der Waals surface area contributed by atoms with Gasteiger partial charge in [-0.05, 0) is 34.4 Å². The van der Waals surface area contributed by atoms with Gasteiger partial charge < -0.3 is 0 Å². The summed E-state index contributed by atoms with van der Waals surface area (Å²) in [5, 5.41) is 10.5. The van der Waals surface area contributed by atoms with Crippen LogP contribution in [0.2, 0.25) is 0 Å². The first-order valence-corrected chi connectivity index (χ1v) is 7.37. The average molecular weight is 274 g/mol. The minimum absolute atomic E-state index is 0.194. The second-order valence-electron chi connectivity index (χ2n) is 5.62. The van der Waals surface area contributed by atoms with Gasteiger partial charge >= 0.3 is 0 Å². The summed E-state index contributed by atoms with van der Waals surface area (Å²) in [5.74, 6) is 0.856. The molecule has 0 amide bonds. The molecule has 2 rings (SSSR count). The minimum Gasteiger partial charge on any atom is -0.284 e. The molecule has 2 nitrogen and oxygen atoms in total. The van der Waals surface area contributed by atoms with Gasteiger partial charge in [-0.3, -0.25) is 5.21 Å². The topological polar surface area (TPSA) is 24.1 Å². The van der Waals surface area contributed by atoms with Gasteiger partial charge in [-0.2, -0.15) is 0 Å². The van der Waals surface area contributed by atoms with Gasteiger partial charge in [-0.15, -0.1) is 0 Å². The first-order valence-electron chi connectivity index (χ1n) is 6.39. The Morgan fingerprint density at radius 3 is 2.32 bits per heavy atom. The van der Waals surface area contributed by atoms with E-state index in [9.17, 15) is 5.21 Å². The van der Waals surface area contributed by atoms with Crippen molar-refractivity contribution in [3.63, 3.8) is 0 Å². The highest BCUT2D eigenvalue weighted by molar-refractivity contribution is 7.98. The number of hydrogen-bond acceptors (Lipinski definition) is 2. The number of thioether (sulfide) groups is 1. The highest BCUT2D eigenvalue weighted by Gasteiger charge is 2.13. The summed E-state index contributed by atoms with van der Waals surface area (Å²) in [6, 6.07) is 14.4. The number of aromatic nitrogens is 1. The van der Waals surface area contributed by atoms with Gasteiger partial charge in [-0.25, -0.2) is 0 Å². The number of benzene rings is 1. The zero-order valence-corrected chi connectivity index (χ0v) is 12.4. The van der Waals surface area contributed by atoms with E-state index in [0.717, 1.165) is 15.5 Å². The van der Waals surface area contributed by atoms with E-state index in [-0.39, 0.29) is 5.41 Å². The van der Waals surface area contributed by atoms with Crippen LogP contribution in [0.4, 0.5) is 0 Å². The molecule has 1 aromatic heterocycles. The first-order chi connectivity index (χ1) is 8.97. The fourth-order valence-electron chi connectivity index (χ4n) is 1.79. The van der Waals surface area contributed by atoms with E-state index in [2.05, 4.69) is 45.0 Å². The van der Waals surface area contributed by atoms with Crippen LogP contribution in [-0.2, 0) is 11.2 Å².